The zero-order valence-corrected chi connectivity index (χ0v) is 12.9. The van der Waals surface area contributed by atoms with E-state index in [0.29, 0.717) is 0 Å². The zero-order chi connectivity index (χ0) is 13.2. The van der Waals surface area contributed by atoms with Crippen molar-refractivity contribution in [2.75, 3.05) is 0 Å². The van der Waals surface area contributed by atoms with Crippen LogP contribution in [0.3, 0.4) is 0 Å². The first-order valence-corrected chi connectivity index (χ1v) is 7.26. The summed E-state index contributed by atoms with van der Waals surface area (Å²) in [6.45, 7) is 4.49. The number of benzene rings is 2. The fourth-order valence-electron chi connectivity index (χ4n) is 2.06. The van der Waals surface area contributed by atoms with Crippen LogP contribution in [0.25, 0.3) is 0 Å². The molecule has 2 heteroatoms. The standard InChI is InChI=1S/C16H16BrCl/c1-16(2,13-6-4-3-5-7-13)15(17)12-8-10-14(18)11-9-12/h3-11,15H,1-2H3. The number of alkyl halides is 1. The van der Waals surface area contributed by atoms with Gasteiger partial charge in [-0.2, -0.15) is 0 Å². The average molecular weight is 324 g/mol. The molecule has 0 saturated carbocycles. The molecule has 0 spiro atoms. The van der Waals surface area contributed by atoms with E-state index in [4.69, 9.17) is 11.6 Å². The minimum absolute atomic E-state index is 0.0229. The molecule has 0 aliphatic carbocycles. The van der Waals surface area contributed by atoms with Gasteiger partial charge in [0.1, 0.15) is 0 Å². The molecule has 1 atom stereocenters. The third-order valence-corrected chi connectivity index (χ3v) is 5.24. The van der Waals surface area contributed by atoms with E-state index in [1.165, 1.54) is 11.1 Å². The monoisotopic (exact) mass is 322 g/mol. The van der Waals surface area contributed by atoms with E-state index < -0.39 is 0 Å². The van der Waals surface area contributed by atoms with E-state index in [1.807, 2.05) is 18.2 Å². The summed E-state index contributed by atoms with van der Waals surface area (Å²) >= 11 is 9.76. The molecule has 2 rings (SSSR count). The van der Waals surface area contributed by atoms with Gasteiger partial charge in [-0.1, -0.05) is 83.8 Å². The van der Waals surface area contributed by atoms with Gasteiger partial charge in [-0.25, -0.2) is 0 Å². The van der Waals surface area contributed by atoms with E-state index in [1.54, 1.807) is 0 Å². The Morgan fingerprint density at radius 2 is 1.50 bits per heavy atom. The van der Waals surface area contributed by atoms with E-state index in [0.717, 1.165) is 5.02 Å². The number of halogens is 2. The van der Waals surface area contributed by atoms with Crippen LogP contribution in [0, 0.1) is 0 Å². The van der Waals surface area contributed by atoms with Crippen molar-refractivity contribution in [3.05, 3.63) is 70.7 Å². The van der Waals surface area contributed by atoms with Crippen LogP contribution in [-0.2, 0) is 5.41 Å². The number of hydrogen-bond donors (Lipinski definition) is 0. The highest BCUT2D eigenvalue weighted by Crippen LogP contribution is 2.42. The maximum atomic E-state index is 5.93. The smallest absolute Gasteiger partial charge is 0.0486 e. The molecular formula is C16H16BrCl. The highest BCUT2D eigenvalue weighted by atomic mass is 79.9. The van der Waals surface area contributed by atoms with E-state index in [2.05, 4.69) is 66.2 Å². The van der Waals surface area contributed by atoms with Gasteiger partial charge in [0, 0.05) is 15.3 Å². The summed E-state index contributed by atoms with van der Waals surface area (Å²) < 4.78 is 0. The molecule has 0 saturated heterocycles. The van der Waals surface area contributed by atoms with Gasteiger partial charge in [-0.3, -0.25) is 0 Å². The predicted molar refractivity (Wildman–Crippen MR) is 82.6 cm³/mol. The van der Waals surface area contributed by atoms with E-state index in [9.17, 15) is 0 Å². The summed E-state index contributed by atoms with van der Waals surface area (Å²) in [5.41, 5.74) is 2.59. The molecule has 0 aromatic heterocycles. The highest BCUT2D eigenvalue weighted by molar-refractivity contribution is 9.09. The van der Waals surface area contributed by atoms with E-state index in [-0.39, 0.29) is 10.2 Å². The predicted octanol–water partition coefficient (Wildman–Crippen LogP) is 5.75. The Bertz CT molecular complexity index is 502. The molecule has 2 aromatic rings. The second-order valence-corrected chi connectivity index (χ2v) is 6.35. The Hall–Kier alpha value is -0.790. The Morgan fingerprint density at radius 1 is 0.944 bits per heavy atom. The SMILES string of the molecule is CC(C)(c1ccccc1)C(Br)c1ccc(Cl)cc1. The van der Waals surface area contributed by atoms with Crippen LogP contribution in [0.4, 0.5) is 0 Å². The van der Waals surface area contributed by atoms with Gasteiger partial charge in [0.15, 0.2) is 0 Å². The van der Waals surface area contributed by atoms with Crippen molar-refractivity contribution in [1.82, 2.24) is 0 Å². The second-order valence-electron chi connectivity index (χ2n) is 5.00. The highest BCUT2D eigenvalue weighted by Gasteiger charge is 2.30. The van der Waals surface area contributed by atoms with Gasteiger partial charge < -0.3 is 0 Å². The van der Waals surface area contributed by atoms with Gasteiger partial charge in [-0.15, -0.1) is 0 Å². The molecular weight excluding hydrogens is 308 g/mol. The van der Waals surface area contributed by atoms with Crippen molar-refractivity contribution in [2.45, 2.75) is 24.1 Å². The molecule has 0 aliphatic rings. The van der Waals surface area contributed by atoms with Gasteiger partial charge in [0.25, 0.3) is 0 Å². The van der Waals surface area contributed by atoms with Crippen molar-refractivity contribution in [2.24, 2.45) is 0 Å². The molecule has 0 heterocycles. The van der Waals surface area contributed by atoms with Gasteiger partial charge >= 0.3 is 0 Å². The Labute approximate surface area is 122 Å². The largest absolute Gasteiger partial charge is 0.0843 e. The minimum atomic E-state index is 0.0229. The molecule has 0 amide bonds. The quantitative estimate of drug-likeness (QED) is 0.630. The van der Waals surface area contributed by atoms with Crippen LogP contribution in [0.15, 0.2) is 54.6 Å². The maximum absolute atomic E-state index is 5.93. The third kappa shape index (κ3) is 2.78. The molecule has 2 aromatic carbocycles. The summed E-state index contributed by atoms with van der Waals surface area (Å²) in [6.07, 6.45) is 0. The molecule has 0 nitrogen and oxygen atoms in total. The molecule has 0 fully saturated rings. The summed E-state index contributed by atoms with van der Waals surface area (Å²) in [5.74, 6) is 0. The third-order valence-electron chi connectivity index (χ3n) is 3.31. The molecule has 18 heavy (non-hydrogen) atoms. The Morgan fingerprint density at radius 3 is 2.06 bits per heavy atom. The van der Waals surface area contributed by atoms with Crippen LogP contribution in [0.2, 0.25) is 5.02 Å². The minimum Gasteiger partial charge on any atom is -0.0843 e. The molecule has 0 radical (unpaired) electrons. The van der Waals surface area contributed by atoms with Crippen molar-refractivity contribution < 1.29 is 0 Å². The zero-order valence-electron chi connectivity index (χ0n) is 10.5. The first-order valence-electron chi connectivity index (χ1n) is 5.97. The van der Waals surface area contributed by atoms with Crippen LogP contribution in [-0.4, -0.2) is 0 Å². The fourth-order valence-corrected chi connectivity index (χ4v) is 2.76. The van der Waals surface area contributed by atoms with Crippen LogP contribution < -0.4 is 0 Å². The Kier molecular flexibility index (Phi) is 4.14. The summed E-state index contributed by atoms with van der Waals surface area (Å²) in [7, 11) is 0. The summed E-state index contributed by atoms with van der Waals surface area (Å²) in [5, 5.41) is 0.774. The van der Waals surface area contributed by atoms with Gasteiger partial charge in [-0.05, 0) is 23.3 Å². The van der Waals surface area contributed by atoms with Crippen LogP contribution in [0.1, 0.15) is 29.8 Å². The van der Waals surface area contributed by atoms with Crippen molar-refractivity contribution >= 4 is 27.5 Å². The van der Waals surface area contributed by atoms with Crippen molar-refractivity contribution in [1.29, 1.82) is 0 Å². The Balaban J connectivity index is 2.32. The lowest BCUT2D eigenvalue weighted by Gasteiger charge is -2.31. The second kappa shape index (κ2) is 5.46. The molecule has 0 N–H and O–H groups in total. The van der Waals surface area contributed by atoms with Crippen molar-refractivity contribution in [3.63, 3.8) is 0 Å². The van der Waals surface area contributed by atoms with Gasteiger partial charge in [0.2, 0.25) is 0 Å². The lowest BCUT2D eigenvalue weighted by molar-refractivity contribution is 0.518. The summed E-state index contributed by atoms with van der Waals surface area (Å²) in [4.78, 5) is 0.254. The lowest BCUT2D eigenvalue weighted by Crippen LogP contribution is -2.23. The van der Waals surface area contributed by atoms with E-state index >= 15 is 0 Å². The number of hydrogen-bond acceptors (Lipinski definition) is 0. The molecule has 1 unspecified atom stereocenters. The molecule has 94 valence electrons. The first-order chi connectivity index (χ1) is 8.51. The number of rotatable bonds is 3. The fraction of sp³-hybridized carbons (Fsp3) is 0.250. The molecule has 0 aliphatic heterocycles. The van der Waals surface area contributed by atoms with Crippen LogP contribution >= 0.6 is 27.5 Å². The molecule has 0 bridgehead atoms. The lowest BCUT2D eigenvalue weighted by atomic mass is 9.79. The topological polar surface area (TPSA) is 0 Å². The maximum Gasteiger partial charge on any atom is 0.0486 e. The average Bonchev–Trinajstić information content (AvgIpc) is 2.40. The first kappa shape index (κ1) is 13.6. The van der Waals surface area contributed by atoms with Crippen LogP contribution in [0.5, 0.6) is 0 Å². The van der Waals surface area contributed by atoms with Gasteiger partial charge in [0.05, 0.1) is 0 Å². The summed E-state index contributed by atoms with van der Waals surface area (Å²) in [6, 6.07) is 18.6. The normalized spacial score (nSPS) is 13.3. The van der Waals surface area contributed by atoms with Crippen molar-refractivity contribution in [3.8, 4) is 0 Å².